The molecule has 0 saturated carbocycles. The van der Waals surface area contributed by atoms with E-state index in [9.17, 15) is 0 Å². The van der Waals surface area contributed by atoms with Crippen LogP contribution in [0.15, 0.2) is 83.2 Å². The molecule has 0 amide bonds. The van der Waals surface area contributed by atoms with Gasteiger partial charge in [-0.15, -0.1) is 0 Å². The van der Waals surface area contributed by atoms with E-state index in [1.807, 2.05) is 5.20 Å². The monoisotopic (exact) mass is 886 g/mol. The fourth-order valence-electron chi connectivity index (χ4n) is 9.53. The molecule has 0 bridgehead atoms. The first kappa shape index (κ1) is 38.7. The Kier molecular flexibility index (Phi) is 9.71. The van der Waals surface area contributed by atoms with Crippen LogP contribution in [0.25, 0.3) is 34.4 Å². The summed E-state index contributed by atoms with van der Waals surface area (Å²) in [6.45, 7) is 28.3. The van der Waals surface area contributed by atoms with Gasteiger partial charge in [0.15, 0.2) is 0 Å². The van der Waals surface area contributed by atoms with Gasteiger partial charge in [0.1, 0.15) is 0 Å². The van der Waals surface area contributed by atoms with E-state index in [4.69, 9.17) is 0 Å². The third kappa shape index (κ3) is 7.42. The van der Waals surface area contributed by atoms with Crippen LogP contribution in [-0.2, 0) is 41.6 Å². The van der Waals surface area contributed by atoms with Crippen molar-refractivity contribution in [1.82, 2.24) is 0 Å². The molecule has 53 heavy (non-hydrogen) atoms. The van der Waals surface area contributed by atoms with E-state index in [-0.39, 0.29) is 21.7 Å². The molecular weight excluding hydrogens is 819 g/mol. The molecular formula is C51H66HfSi. The zero-order chi connectivity index (χ0) is 38.5. The zero-order valence-corrected chi connectivity index (χ0v) is 40.6. The summed E-state index contributed by atoms with van der Waals surface area (Å²) in [7, 11) is -0.644. The molecule has 4 aromatic carbocycles. The number of allylic oxidation sites excluding steroid dienone is 2. The third-order valence-corrected chi connectivity index (χ3v) is 30.5. The van der Waals surface area contributed by atoms with E-state index in [0.29, 0.717) is 9.59 Å². The third-order valence-electron chi connectivity index (χ3n) is 12.9. The van der Waals surface area contributed by atoms with E-state index >= 15 is 0 Å². The predicted octanol–water partition coefficient (Wildman–Crippen LogP) is 14.4. The van der Waals surface area contributed by atoms with Gasteiger partial charge in [-0.3, -0.25) is 0 Å². The minimum absolute atomic E-state index is 0.0979. The molecule has 0 nitrogen and oxygen atoms in total. The van der Waals surface area contributed by atoms with Crippen LogP contribution in [0, 0.1) is 0 Å². The van der Waals surface area contributed by atoms with Gasteiger partial charge in [0.25, 0.3) is 0 Å². The van der Waals surface area contributed by atoms with Crippen molar-refractivity contribution in [2.24, 2.45) is 0 Å². The zero-order valence-electron chi connectivity index (χ0n) is 35.6. The Morgan fingerprint density at radius 1 is 0.528 bits per heavy atom. The molecule has 2 atom stereocenters. The van der Waals surface area contributed by atoms with E-state index in [2.05, 4.69) is 177 Å². The van der Waals surface area contributed by atoms with Gasteiger partial charge < -0.3 is 0 Å². The second kappa shape index (κ2) is 13.3. The van der Waals surface area contributed by atoms with Gasteiger partial charge in [-0.25, -0.2) is 0 Å². The molecule has 3 aliphatic rings. The summed E-state index contributed by atoms with van der Waals surface area (Å²) in [6.07, 6.45) is 8.14. The Morgan fingerprint density at radius 2 is 0.943 bits per heavy atom. The molecule has 0 N–H and O–H groups in total. The van der Waals surface area contributed by atoms with Gasteiger partial charge in [0, 0.05) is 0 Å². The van der Waals surface area contributed by atoms with Crippen LogP contribution < -0.4 is 0 Å². The first-order chi connectivity index (χ1) is 24.5. The van der Waals surface area contributed by atoms with Crippen LogP contribution in [0.5, 0.6) is 0 Å². The molecule has 2 unspecified atom stereocenters. The maximum atomic E-state index is 2.79. The fraction of sp³-hybridized carbons (Fsp3) is 0.451. The normalized spacial score (nSPS) is 20.4. The van der Waals surface area contributed by atoms with Crippen molar-refractivity contribution in [3.63, 3.8) is 0 Å². The molecule has 1 aliphatic heterocycles. The van der Waals surface area contributed by atoms with Crippen molar-refractivity contribution >= 4 is 21.7 Å². The first-order valence-electron chi connectivity index (χ1n) is 20.5. The topological polar surface area (TPSA) is 0 Å². The van der Waals surface area contributed by atoms with Crippen LogP contribution in [0.4, 0.5) is 0 Å². The van der Waals surface area contributed by atoms with Gasteiger partial charge in [-0.2, -0.15) is 0 Å². The Bertz CT molecular complexity index is 2080. The van der Waals surface area contributed by atoms with E-state index in [1.165, 1.54) is 67.1 Å². The summed E-state index contributed by atoms with van der Waals surface area (Å²) in [4.78, 5) is 0. The van der Waals surface area contributed by atoms with Gasteiger partial charge in [-0.1, -0.05) is 0 Å². The number of hydrogen-bond acceptors (Lipinski definition) is 0. The quantitative estimate of drug-likeness (QED) is 0.176. The number of rotatable bonds is 2. The SMILES string of the molecule is CC(C)(C)c1cc(-c2cccc3c2C=C2[SiH2]C4=Cc5c(-c6cc(C(C)(C)C)cc(C(C)(C)C)c6)cccc5[CH]4[Hf]([CH3])([CH3])[CH2]CCC23)cc(C(C)(C)C)c1. The van der Waals surface area contributed by atoms with E-state index in [1.54, 1.807) is 21.9 Å². The summed E-state index contributed by atoms with van der Waals surface area (Å²) in [5.74, 6) is 0.578. The summed E-state index contributed by atoms with van der Waals surface area (Å²) in [5, 5.41) is 3.64. The molecule has 0 spiro atoms. The predicted molar refractivity (Wildman–Crippen MR) is 234 cm³/mol. The minimum atomic E-state index is -2.70. The summed E-state index contributed by atoms with van der Waals surface area (Å²) < 4.78 is 7.76. The number of hydrogen-bond donors (Lipinski definition) is 0. The molecule has 0 aromatic heterocycles. The van der Waals surface area contributed by atoms with Crippen molar-refractivity contribution in [2.75, 3.05) is 0 Å². The fourth-order valence-corrected chi connectivity index (χ4v) is 30.2. The van der Waals surface area contributed by atoms with Crippen LogP contribution in [0.2, 0.25) is 13.5 Å². The van der Waals surface area contributed by atoms with Crippen molar-refractivity contribution in [2.45, 2.75) is 141 Å². The van der Waals surface area contributed by atoms with Crippen molar-refractivity contribution in [1.29, 1.82) is 0 Å². The average Bonchev–Trinajstić information content (AvgIpc) is 3.61. The van der Waals surface area contributed by atoms with Crippen LogP contribution in [0.3, 0.4) is 0 Å². The summed E-state index contributed by atoms with van der Waals surface area (Å²) in [5.41, 5.74) is 18.1. The van der Waals surface area contributed by atoms with Crippen molar-refractivity contribution in [3.8, 4) is 22.3 Å². The molecule has 278 valence electrons. The molecule has 7 rings (SSSR count). The Labute approximate surface area is 330 Å². The van der Waals surface area contributed by atoms with Gasteiger partial charge in [-0.05, 0) is 0 Å². The standard InChI is InChI=1S/C49H60Si.2CH3.Hf/c1-14-17-42-41-21-16-20-40(33-24-36(48(8,9)10)28-37(25-33)49(11,12)13)44(41)30-45(42)50-38-26-31-18-15-19-39(43(31)29-38)32-22-34(46(2,3)4)27-35(23-32)47(5,6)7;;;/h15-16,18-30,42H,1,14,17,50H2,2-13H3;2*1H3;. The van der Waals surface area contributed by atoms with Gasteiger partial charge in [0.2, 0.25) is 0 Å². The van der Waals surface area contributed by atoms with Crippen molar-refractivity contribution in [3.05, 3.63) is 128 Å². The maximum absolute atomic E-state index is 2.79. The van der Waals surface area contributed by atoms with Gasteiger partial charge >= 0.3 is 332 Å². The average molecular weight is 886 g/mol. The molecule has 1 heterocycles. The molecule has 2 aliphatic carbocycles. The first-order valence-corrected chi connectivity index (χ1v) is 33.7. The Balaban J connectivity index is 1.36. The van der Waals surface area contributed by atoms with E-state index < -0.39 is 29.5 Å². The van der Waals surface area contributed by atoms with E-state index in [0.717, 1.165) is 0 Å². The number of fused-ring (bicyclic) bond motifs is 6. The Morgan fingerprint density at radius 3 is 1.40 bits per heavy atom. The van der Waals surface area contributed by atoms with Crippen molar-refractivity contribution < 1.29 is 20.0 Å². The molecule has 4 aromatic rings. The summed E-state index contributed by atoms with van der Waals surface area (Å²) in [6, 6.07) is 29.5. The molecule has 2 heteroatoms. The van der Waals surface area contributed by atoms with Crippen LogP contribution >= 0.6 is 0 Å². The molecule has 1 saturated heterocycles. The summed E-state index contributed by atoms with van der Waals surface area (Å²) >= 11 is -2.70. The van der Waals surface area contributed by atoms with Crippen LogP contribution in [-0.4, -0.2) is 9.52 Å². The second-order valence-electron chi connectivity index (χ2n) is 21.7. The van der Waals surface area contributed by atoms with Gasteiger partial charge in [0.05, 0.1) is 0 Å². The molecule has 0 radical (unpaired) electrons. The second-order valence-corrected chi connectivity index (χ2v) is 41.8. The molecule has 1 fully saturated rings. The Hall–Kier alpha value is -2.55. The number of benzene rings is 4. The van der Waals surface area contributed by atoms with Crippen LogP contribution in [0.1, 0.15) is 150 Å².